The molecule has 0 unspecified atom stereocenters. The Kier molecular flexibility index (Phi) is 5.08. The number of benzene rings is 1. The maximum Gasteiger partial charge on any atom is 0.417 e. The van der Waals surface area contributed by atoms with Crippen molar-refractivity contribution in [3.05, 3.63) is 29.3 Å². The lowest BCUT2D eigenvalue weighted by Gasteiger charge is -2.15. The first-order valence-electron chi connectivity index (χ1n) is 7.13. The number of nitrogens with two attached hydrogens (primary N) is 1. The number of rotatable bonds is 5. The number of halogens is 3. The van der Waals surface area contributed by atoms with Gasteiger partial charge in [-0.2, -0.15) is 13.2 Å². The highest BCUT2D eigenvalue weighted by Gasteiger charge is 2.34. The van der Waals surface area contributed by atoms with Gasteiger partial charge in [0.25, 0.3) is 0 Å². The second-order valence-electron chi connectivity index (χ2n) is 5.49. The van der Waals surface area contributed by atoms with E-state index in [0.29, 0.717) is 5.69 Å². The molecule has 0 radical (unpaired) electrons. The quantitative estimate of drug-likeness (QED) is 0.794. The van der Waals surface area contributed by atoms with Gasteiger partial charge in [-0.05, 0) is 30.5 Å². The van der Waals surface area contributed by atoms with Crippen LogP contribution >= 0.6 is 12.2 Å². The van der Waals surface area contributed by atoms with E-state index in [1.807, 2.05) is 0 Å². The van der Waals surface area contributed by atoms with E-state index < -0.39 is 11.7 Å². The summed E-state index contributed by atoms with van der Waals surface area (Å²) < 4.78 is 38.6. The predicted molar refractivity (Wildman–Crippen MR) is 82.4 cm³/mol. The maximum atomic E-state index is 12.9. The Bertz CT molecular complexity index is 508. The van der Waals surface area contributed by atoms with Crippen LogP contribution in [0.15, 0.2) is 18.2 Å². The number of thiocarbonyl (C=S) groups is 1. The first-order chi connectivity index (χ1) is 9.88. The molecule has 1 aromatic carbocycles. The van der Waals surface area contributed by atoms with Gasteiger partial charge >= 0.3 is 6.18 Å². The van der Waals surface area contributed by atoms with Crippen LogP contribution in [-0.4, -0.2) is 11.5 Å². The number of nitrogens with one attached hydrogen (secondary N) is 1. The van der Waals surface area contributed by atoms with Crippen molar-refractivity contribution in [3.63, 3.8) is 0 Å². The molecule has 0 aliphatic heterocycles. The van der Waals surface area contributed by atoms with Crippen molar-refractivity contribution in [2.75, 3.05) is 11.9 Å². The van der Waals surface area contributed by atoms with Crippen LogP contribution in [0.5, 0.6) is 0 Å². The second-order valence-corrected chi connectivity index (χ2v) is 5.93. The van der Waals surface area contributed by atoms with E-state index in [4.69, 9.17) is 18.0 Å². The fraction of sp³-hybridized carbons (Fsp3) is 0.533. The third-order valence-electron chi connectivity index (χ3n) is 3.95. The third kappa shape index (κ3) is 4.33. The molecule has 0 saturated heterocycles. The molecule has 1 aliphatic carbocycles. The molecule has 3 N–H and O–H groups in total. The summed E-state index contributed by atoms with van der Waals surface area (Å²) in [5.41, 5.74) is 5.14. The topological polar surface area (TPSA) is 38.0 Å². The molecule has 0 heterocycles. The van der Waals surface area contributed by atoms with Crippen LogP contribution in [0.2, 0.25) is 0 Å². The minimum Gasteiger partial charge on any atom is -0.389 e. The Morgan fingerprint density at radius 3 is 2.52 bits per heavy atom. The van der Waals surface area contributed by atoms with Crippen molar-refractivity contribution in [3.8, 4) is 0 Å². The highest BCUT2D eigenvalue weighted by molar-refractivity contribution is 7.80. The molecule has 0 atom stereocenters. The molecule has 6 heteroatoms. The van der Waals surface area contributed by atoms with E-state index >= 15 is 0 Å². The van der Waals surface area contributed by atoms with Crippen LogP contribution in [-0.2, 0) is 6.18 Å². The third-order valence-corrected chi connectivity index (χ3v) is 4.17. The van der Waals surface area contributed by atoms with Crippen LogP contribution in [0.3, 0.4) is 0 Å². The summed E-state index contributed by atoms with van der Waals surface area (Å²) in [6, 6.07) is 3.85. The average Bonchev–Trinajstić information content (AvgIpc) is 2.90. The van der Waals surface area contributed by atoms with Crippen LogP contribution in [0.1, 0.15) is 43.2 Å². The lowest BCUT2D eigenvalue weighted by Crippen LogP contribution is -2.18. The summed E-state index contributed by atoms with van der Waals surface area (Å²) in [6.45, 7) is 0.757. The molecule has 21 heavy (non-hydrogen) atoms. The number of anilines is 1. The van der Waals surface area contributed by atoms with Crippen molar-refractivity contribution in [1.82, 2.24) is 0 Å². The lowest BCUT2D eigenvalue weighted by molar-refractivity contribution is -0.137. The Labute approximate surface area is 127 Å². The first kappa shape index (κ1) is 16.1. The summed E-state index contributed by atoms with van der Waals surface area (Å²) in [5.74, 6) is 0.738. The van der Waals surface area contributed by atoms with Crippen molar-refractivity contribution in [2.45, 2.75) is 38.3 Å². The van der Waals surface area contributed by atoms with Crippen LogP contribution in [0.4, 0.5) is 18.9 Å². The molecular formula is C15H19F3N2S. The SMILES string of the molecule is NC(=S)c1cc(NCCC2CCCC2)ccc1C(F)(F)F. The van der Waals surface area contributed by atoms with Gasteiger partial charge in [0, 0.05) is 17.8 Å². The normalized spacial score (nSPS) is 16.1. The van der Waals surface area contributed by atoms with E-state index in [1.165, 1.54) is 37.8 Å². The number of alkyl halides is 3. The molecule has 0 spiro atoms. The summed E-state index contributed by atoms with van der Waals surface area (Å²) in [6.07, 6.45) is 1.69. The van der Waals surface area contributed by atoms with Gasteiger partial charge in [-0.3, -0.25) is 0 Å². The molecule has 1 aromatic rings. The van der Waals surface area contributed by atoms with Crippen LogP contribution in [0.25, 0.3) is 0 Å². The predicted octanol–water partition coefficient (Wildman–Crippen LogP) is 4.33. The maximum absolute atomic E-state index is 12.9. The molecule has 1 aliphatic rings. The zero-order chi connectivity index (χ0) is 15.5. The molecule has 116 valence electrons. The standard InChI is InChI=1S/C15H19F3N2S/c16-15(17,18)13-6-5-11(9-12(13)14(19)21)20-8-7-10-3-1-2-4-10/h5-6,9-10,20H,1-4,7-8H2,(H2,19,21). The molecular weight excluding hydrogens is 297 g/mol. The minimum absolute atomic E-state index is 0.122. The smallest absolute Gasteiger partial charge is 0.389 e. The van der Waals surface area contributed by atoms with Crippen LogP contribution < -0.4 is 11.1 Å². The van der Waals surface area contributed by atoms with Gasteiger partial charge in [-0.1, -0.05) is 37.9 Å². The van der Waals surface area contributed by atoms with E-state index in [0.717, 1.165) is 24.9 Å². The monoisotopic (exact) mass is 316 g/mol. The van der Waals surface area contributed by atoms with Crippen molar-refractivity contribution in [1.29, 1.82) is 0 Å². The summed E-state index contributed by atoms with van der Waals surface area (Å²) in [5, 5.41) is 3.16. The fourth-order valence-electron chi connectivity index (χ4n) is 2.82. The van der Waals surface area contributed by atoms with Gasteiger partial charge in [0.15, 0.2) is 0 Å². The Balaban J connectivity index is 2.03. The van der Waals surface area contributed by atoms with Gasteiger partial charge in [0.05, 0.1) is 5.56 Å². The highest BCUT2D eigenvalue weighted by atomic mass is 32.1. The minimum atomic E-state index is -4.44. The highest BCUT2D eigenvalue weighted by Crippen LogP contribution is 2.33. The average molecular weight is 316 g/mol. The molecule has 0 aromatic heterocycles. The van der Waals surface area contributed by atoms with Gasteiger partial charge in [0.2, 0.25) is 0 Å². The zero-order valence-corrected chi connectivity index (χ0v) is 12.5. The molecule has 0 amide bonds. The first-order valence-corrected chi connectivity index (χ1v) is 7.53. The molecule has 1 fully saturated rings. The number of hydrogen-bond donors (Lipinski definition) is 2. The lowest BCUT2D eigenvalue weighted by atomic mass is 10.0. The van der Waals surface area contributed by atoms with Crippen molar-refractivity contribution in [2.24, 2.45) is 11.7 Å². The van der Waals surface area contributed by atoms with E-state index in [2.05, 4.69) is 5.32 Å². The van der Waals surface area contributed by atoms with E-state index in [-0.39, 0.29) is 10.6 Å². The van der Waals surface area contributed by atoms with E-state index in [1.54, 1.807) is 0 Å². The van der Waals surface area contributed by atoms with E-state index in [9.17, 15) is 13.2 Å². The Morgan fingerprint density at radius 1 is 1.29 bits per heavy atom. The Hall–Kier alpha value is -1.30. The Morgan fingerprint density at radius 2 is 1.95 bits per heavy atom. The molecule has 0 bridgehead atoms. The molecule has 1 saturated carbocycles. The number of hydrogen-bond acceptors (Lipinski definition) is 2. The van der Waals surface area contributed by atoms with Crippen LogP contribution in [0, 0.1) is 5.92 Å². The molecule has 2 nitrogen and oxygen atoms in total. The summed E-state index contributed by atoms with van der Waals surface area (Å²) in [7, 11) is 0. The second kappa shape index (κ2) is 6.64. The van der Waals surface area contributed by atoms with Crippen molar-refractivity contribution >= 4 is 22.9 Å². The largest absolute Gasteiger partial charge is 0.417 e. The fourth-order valence-corrected chi connectivity index (χ4v) is 2.99. The van der Waals surface area contributed by atoms with Gasteiger partial charge in [-0.15, -0.1) is 0 Å². The van der Waals surface area contributed by atoms with Gasteiger partial charge < -0.3 is 11.1 Å². The zero-order valence-electron chi connectivity index (χ0n) is 11.7. The van der Waals surface area contributed by atoms with Gasteiger partial charge in [0.1, 0.15) is 4.99 Å². The van der Waals surface area contributed by atoms with Gasteiger partial charge in [-0.25, -0.2) is 0 Å². The summed E-state index contributed by atoms with van der Waals surface area (Å²) >= 11 is 4.73. The molecule has 2 rings (SSSR count). The summed E-state index contributed by atoms with van der Waals surface area (Å²) in [4.78, 5) is -0.234. The van der Waals surface area contributed by atoms with Crippen molar-refractivity contribution < 1.29 is 13.2 Å².